The predicted octanol–water partition coefficient (Wildman–Crippen LogP) is 8.65. The maximum Gasteiger partial charge on any atom is 0.222 e. The minimum Gasteiger partial charge on any atom is -0.374 e. The van der Waals surface area contributed by atoms with E-state index in [2.05, 4.69) is 58.6 Å². The molecule has 1 amide bonds. The molecule has 0 aliphatic heterocycles. The van der Waals surface area contributed by atoms with Crippen LogP contribution < -0.4 is 5.32 Å². The van der Waals surface area contributed by atoms with E-state index in [4.69, 9.17) is 4.74 Å². The van der Waals surface area contributed by atoms with E-state index >= 15 is 0 Å². The van der Waals surface area contributed by atoms with Crippen LogP contribution >= 0.6 is 11.8 Å². The summed E-state index contributed by atoms with van der Waals surface area (Å²) in [7, 11) is 0. The monoisotopic (exact) mass is 449 g/mol. The number of rotatable bonds is 15. The molecule has 0 saturated carbocycles. The Morgan fingerprint density at radius 3 is 1.67 bits per heavy atom. The molecule has 0 atom stereocenters. The first-order valence-corrected chi connectivity index (χ1v) is 14.0. The number of carbonyl (C=O) groups excluding carboxylic acids is 1. The fourth-order valence-electron chi connectivity index (χ4n) is 3.03. The van der Waals surface area contributed by atoms with E-state index in [0.717, 1.165) is 38.8 Å². The van der Waals surface area contributed by atoms with Crippen LogP contribution in [0, 0.1) is 0 Å². The van der Waals surface area contributed by atoms with E-state index in [-0.39, 0.29) is 11.5 Å². The second kappa shape index (κ2) is 26.8. The summed E-state index contributed by atoms with van der Waals surface area (Å²) in [6.07, 6.45) is 7.88. The van der Waals surface area contributed by atoms with Crippen LogP contribution in [0.3, 0.4) is 0 Å². The van der Waals surface area contributed by atoms with Crippen molar-refractivity contribution in [3.05, 3.63) is 0 Å². The SMILES string of the molecule is CC.CC.CC.CCCNC(=O)CC(CC)(CC)OCCC(CC)(CC)SCCC. The highest BCUT2D eigenvalue weighted by Crippen LogP contribution is 2.37. The Hall–Kier alpha value is -0.220. The number of hydrogen-bond acceptors (Lipinski definition) is 3. The quantitative estimate of drug-likeness (QED) is 0.272. The Morgan fingerprint density at radius 1 is 0.800 bits per heavy atom. The smallest absolute Gasteiger partial charge is 0.222 e. The van der Waals surface area contributed by atoms with Crippen LogP contribution in [0.15, 0.2) is 0 Å². The van der Waals surface area contributed by atoms with Crippen LogP contribution in [0.5, 0.6) is 0 Å². The number of thioether (sulfide) groups is 1. The molecule has 0 radical (unpaired) electrons. The van der Waals surface area contributed by atoms with Gasteiger partial charge in [-0.1, -0.05) is 83.1 Å². The first-order valence-electron chi connectivity index (χ1n) is 13.0. The Morgan fingerprint density at radius 2 is 1.30 bits per heavy atom. The number of nitrogens with one attached hydrogen (secondary N) is 1. The van der Waals surface area contributed by atoms with Gasteiger partial charge in [-0.15, -0.1) is 0 Å². The van der Waals surface area contributed by atoms with E-state index in [0.29, 0.717) is 11.2 Å². The highest BCUT2D eigenvalue weighted by Gasteiger charge is 2.32. The van der Waals surface area contributed by atoms with Gasteiger partial charge >= 0.3 is 0 Å². The van der Waals surface area contributed by atoms with Gasteiger partial charge in [-0.3, -0.25) is 4.79 Å². The molecule has 3 nitrogen and oxygen atoms in total. The van der Waals surface area contributed by atoms with Crippen molar-refractivity contribution in [3.8, 4) is 0 Å². The van der Waals surface area contributed by atoms with E-state index in [1.54, 1.807) is 0 Å². The molecular weight excluding hydrogens is 390 g/mol. The lowest BCUT2D eigenvalue weighted by Gasteiger charge is -2.35. The van der Waals surface area contributed by atoms with Crippen molar-refractivity contribution in [2.24, 2.45) is 0 Å². The molecule has 186 valence electrons. The fraction of sp³-hybridized carbons (Fsp3) is 0.962. The molecule has 0 heterocycles. The topological polar surface area (TPSA) is 38.3 Å². The van der Waals surface area contributed by atoms with Gasteiger partial charge in [0.05, 0.1) is 12.0 Å². The molecule has 30 heavy (non-hydrogen) atoms. The molecule has 0 saturated heterocycles. The maximum absolute atomic E-state index is 12.2. The Bertz CT molecular complexity index is 327. The molecule has 0 bridgehead atoms. The minimum atomic E-state index is -0.305. The molecule has 0 aliphatic carbocycles. The number of hydrogen-bond donors (Lipinski definition) is 1. The molecule has 0 aromatic rings. The van der Waals surface area contributed by atoms with Gasteiger partial charge in [0, 0.05) is 17.9 Å². The zero-order chi connectivity index (χ0) is 24.5. The average Bonchev–Trinajstić information content (AvgIpc) is 2.83. The van der Waals surface area contributed by atoms with Crippen molar-refractivity contribution in [2.75, 3.05) is 18.9 Å². The average molecular weight is 450 g/mol. The third-order valence-corrected chi connectivity index (χ3v) is 7.22. The Kier molecular flexibility index (Phi) is 33.2. The number of amides is 1. The van der Waals surface area contributed by atoms with Crippen molar-refractivity contribution >= 4 is 17.7 Å². The summed E-state index contributed by atoms with van der Waals surface area (Å²) in [5, 5.41) is 2.99. The van der Waals surface area contributed by atoms with Gasteiger partial charge in [0.2, 0.25) is 5.91 Å². The zero-order valence-electron chi connectivity index (χ0n) is 23.0. The molecule has 1 N–H and O–H groups in total. The van der Waals surface area contributed by atoms with Crippen LogP contribution in [0.25, 0.3) is 0 Å². The standard InChI is InChI=1S/C20H41NO2S.3C2H6/c1-7-14-21-18(22)17-19(9-3,10-4)23-15-13-20(11-5,12-6)24-16-8-2;3*1-2/h7-17H2,1-6H3,(H,21,22);3*1-2H3. The van der Waals surface area contributed by atoms with Crippen LogP contribution in [0.1, 0.15) is 134 Å². The summed E-state index contributed by atoms with van der Waals surface area (Å²) in [5.74, 6) is 1.34. The van der Waals surface area contributed by atoms with Gasteiger partial charge in [-0.25, -0.2) is 0 Å². The third-order valence-electron chi connectivity index (χ3n) is 5.21. The van der Waals surface area contributed by atoms with Gasteiger partial charge in [0.15, 0.2) is 0 Å². The fourth-order valence-corrected chi connectivity index (χ4v) is 4.30. The van der Waals surface area contributed by atoms with Gasteiger partial charge in [-0.2, -0.15) is 11.8 Å². The number of carbonyl (C=O) groups is 1. The van der Waals surface area contributed by atoms with Crippen LogP contribution in [0.2, 0.25) is 0 Å². The molecule has 0 rings (SSSR count). The van der Waals surface area contributed by atoms with E-state index in [9.17, 15) is 4.79 Å². The van der Waals surface area contributed by atoms with E-state index in [1.165, 1.54) is 25.0 Å². The van der Waals surface area contributed by atoms with Gasteiger partial charge in [0.25, 0.3) is 0 Å². The van der Waals surface area contributed by atoms with Crippen molar-refractivity contribution in [3.63, 3.8) is 0 Å². The molecule has 0 aromatic heterocycles. The van der Waals surface area contributed by atoms with E-state index < -0.39 is 0 Å². The van der Waals surface area contributed by atoms with Crippen LogP contribution in [-0.2, 0) is 9.53 Å². The first-order chi connectivity index (χ1) is 14.5. The summed E-state index contributed by atoms with van der Waals surface area (Å²) < 4.78 is 6.67. The highest BCUT2D eigenvalue weighted by atomic mass is 32.2. The molecular formula is C26H59NO2S. The molecule has 4 heteroatoms. The lowest BCUT2D eigenvalue weighted by atomic mass is 9.92. The third kappa shape index (κ3) is 17.5. The molecule has 0 spiro atoms. The molecule has 0 fully saturated rings. The molecule has 0 aliphatic rings. The Balaban J connectivity index is -0.000000512. The highest BCUT2D eigenvalue weighted by molar-refractivity contribution is 8.00. The second-order valence-electron chi connectivity index (χ2n) is 6.75. The first kappa shape index (κ1) is 37.1. The van der Waals surface area contributed by atoms with Crippen LogP contribution in [0.4, 0.5) is 0 Å². The largest absolute Gasteiger partial charge is 0.374 e. The van der Waals surface area contributed by atoms with Gasteiger partial charge in [0.1, 0.15) is 0 Å². The van der Waals surface area contributed by atoms with Crippen LogP contribution in [-0.4, -0.2) is 35.2 Å². The van der Waals surface area contributed by atoms with Crippen molar-refractivity contribution in [1.29, 1.82) is 0 Å². The van der Waals surface area contributed by atoms with E-state index in [1.807, 2.05) is 41.5 Å². The maximum atomic E-state index is 12.2. The lowest BCUT2D eigenvalue weighted by Crippen LogP contribution is -2.40. The van der Waals surface area contributed by atoms with Gasteiger partial charge < -0.3 is 10.1 Å². The molecule has 0 unspecified atom stereocenters. The van der Waals surface area contributed by atoms with Crippen molar-refractivity contribution in [2.45, 2.75) is 145 Å². The van der Waals surface area contributed by atoms with Crippen molar-refractivity contribution < 1.29 is 9.53 Å². The lowest BCUT2D eigenvalue weighted by molar-refractivity contribution is -0.130. The minimum absolute atomic E-state index is 0.123. The normalized spacial score (nSPS) is 10.5. The summed E-state index contributed by atoms with van der Waals surface area (Å²) in [6.45, 7) is 26.7. The van der Waals surface area contributed by atoms with Gasteiger partial charge in [-0.05, 0) is 50.7 Å². The Labute approximate surface area is 196 Å². The van der Waals surface area contributed by atoms with Crippen molar-refractivity contribution in [1.82, 2.24) is 5.32 Å². The number of ether oxygens (including phenoxy) is 1. The summed E-state index contributed by atoms with van der Waals surface area (Å²) >= 11 is 2.10. The summed E-state index contributed by atoms with van der Waals surface area (Å²) in [6, 6.07) is 0. The predicted molar refractivity (Wildman–Crippen MR) is 142 cm³/mol. The second-order valence-corrected chi connectivity index (χ2v) is 8.32. The zero-order valence-corrected chi connectivity index (χ0v) is 23.8. The summed E-state index contributed by atoms with van der Waals surface area (Å²) in [5.41, 5.74) is -0.305. The molecule has 0 aromatic carbocycles. The summed E-state index contributed by atoms with van der Waals surface area (Å²) in [4.78, 5) is 12.2.